The van der Waals surface area contributed by atoms with E-state index in [-0.39, 0.29) is 16.5 Å². The topological polar surface area (TPSA) is 76.3 Å². The Morgan fingerprint density at radius 2 is 0.851 bits per heavy atom. The van der Waals surface area contributed by atoms with Crippen molar-refractivity contribution >= 4 is 50.6 Å². The Hall–Kier alpha value is -7.58. The number of fused-ring (bicyclic) bond motifs is 8. The monoisotopic (exact) mass is 1560 g/mol. The van der Waals surface area contributed by atoms with Gasteiger partial charge in [0.05, 0.1) is 16.6 Å². The number of para-hydroxylation sites is 2. The minimum Gasteiger partial charge on any atom is -0.390 e. The van der Waals surface area contributed by atoms with E-state index in [0.29, 0.717) is 17.3 Å². The molecule has 12 bridgehead atoms. The predicted molar refractivity (Wildman–Crippen MR) is 481 cm³/mol. The number of rotatable bonds is 10. The zero-order chi connectivity index (χ0) is 79.5. The summed E-state index contributed by atoms with van der Waals surface area (Å²) in [6.45, 7) is 20.8. The van der Waals surface area contributed by atoms with Crippen LogP contribution in [-0.2, 0) is 13.6 Å². The third-order valence-corrected chi connectivity index (χ3v) is 30.0. The molecular weight excluding hydrogens is 1430 g/mol. The van der Waals surface area contributed by atoms with E-state index in [9.17, 15) is 14.7 Å². The molecular formula is C106H127Cl2N3O3. The van der Waals surface area contributed by atoms with Crippen LogP contribution in [0.2, 0.25) is 10.0 Å². The molecule has 15 aliphatic carbocycles. The molecule has 2 atom stereocenters. The molecule has 0 amide bonds. The molecule has 13 saturated carbocycles. The fourth-order valence-corrected chi connectivity index (χ4v) is 25.3. The van der Waals surface area contributed by atoms with E-state index in [1.54, 1.807) is 77.0 Å². The van der Waals surface area contributed by atoms with Crippen molar-refractivity contribution in [3.8, 4) is 22.3 Å². The van der Waals surface area contributed by atoms with Crippen LogP contribution >= 0.6 is 23.2 Å². The van der Waals surface area contributed by atoms with Crippen molar-refractivity contribution in [1.29, 1.82) is 0 Å². The van der Waals surface area contributed by atoms with Crippen molar-refractivity contribution in [3.63, 3.8) is 0 Å². The van der Waals surface area contributed by atoms with Gasteiger partial charge in [-0.2, -0.15) is 0 Å². The fourth-order valence-electron chi connectivity index (χ4n) is 25.0. The third kappa shape index (κ3) is 18.1. The smallest absolute Gasteiger partial charge is 0.192 e. The number of hydrogen-bond donors (Lipinski definition) is 2. The fraction of sp³-hybridized carbons (Fsp3) is 0.472. The van der Waals surface area contributed by atoms with Gasteiger partial charge < -0.3 is 19.6 Å². The highest BCUT2D eigenvalue weighted by molar-refractivity contribution is 6.30. The number of aromatic nitrogens is 2. The molecule has 0 spiro atoms. The Morgan fingerprint density at radius 3 is 1.28 bits per heavy atom. The van der Waals surface area contributed by atoms with E-state index in [4.69, 9.17) is 23.2 Å². The first-order valence-electron chi connectivity index (χ1n) is 44.3. The number of hydrogen-bond acceptors (Lipinski definition) is 4. The minimum atomic E-state index is -0.236. The number of aryl methyl sites for hydroxylation is 3. The van der Waals surface area contributed by atoms with Crippen LogP contribution in [0.3, 0.4) is 0 Å². The Balaban J connectivity index is 0.000000103. The molecule has 0 saturated heterocycles. The van der Waals surface area contributed by atoms with E-state index in [0.717, 1.165) is 139 Å². The van der Waals surface area contributed by atoms with Gasteiger partial charge in [0.15, 0.2) is 10.9 Å². The molecule has 0 radical (unpaired) electrons. The standard InChI is InChI=1S/C15H14.C15H12.C14H12Cl2.C14H15NO.C13H23N.C12H20O.C12H20.C11H11NO/c2*1-2-11-12-7-3-5-9-14(12)15-10-6-4-8-13(11)15;1-10(11-2-6-13(15)7-3-11)12-4-8-14(16)9-5-12;1-10-8-15(9-11-6-7-11)13-5-3-2-4-12(13)14(10)16;1-2-14-9-13-6-10-3-11(7-13)5-12(4-10)8-13;1-2-11-4-9-3-10(5-11)7-12(13,6-9)8-11;1-2-12-6-9-3-10(7-12)5-11(4-9)8-12;1-8-7-12(2)10-6-4-3-5-9(10)11(8)13/h3-11H,2H2,1H3;2-10H,1H3;2-10H,1H3;2-5,8,11H,6-7,9H2,1H3;10-12,14H,2-9H2,1H3;9-10,13H,2-8H2,1H3;9-11H,2-8H2,1H3;3-7H,1-2H3. The average Bonchev–Trinajstić information content (AvgIpc) is 1.22. The van der Waals surface area contributed by atoms with Crippen LogP contribution in [-0.4, -0.2) is 32.9 Å². The molecule has 114 heavy (non-hydrogen) atoms. The lowest BCUT2D eigenvalue weighted by molar-refractivity contribution is -0.164. The van der Waals surface area contributed by atoms with E-state index >= 15 is 0 Å². The molecule has 13 fully saturated rings. The van der Waals surface area contributed by atoms with Crippen LogP contribution in [0.25, 0.3) is 49.6 Å². The van der Waals surface area contributed by atoms with Crippen molar-refractivity contribution in [2.75, 3.05) is 13.1 Å². The van der Waals surface area contributed by atoms with Gasteiger partial charge in [-0.25, -0.2) is 0 Å². The Kier molecular flexibility index (Phi) is 25.3. The lowest BCUT2D eigenvalue weighted by atomic mass is 9.47. The maximum Gasteiger partial charge on any atom is 0.192 e. The zero-order valence-electron chi connectivity index (χ0n) is 69.9. The maximum absolute atomic E-state index is 12.0. The SMILES string of the molecule is CC(c1ccc(Cl)cc1)c1ccc(Cl)cc1.CC=C1c2ccccc2-c2ccccc21.CCC12CC3CC(CC(C3)C1)C2.CCC12CC3CC(CC(O)(C3)C1)C2.CCC1c2ccccc2-c2ccccc21.CCNCC12CC3CC(CC(C3)C1)C2.Cc1cn(C)c2ccccc2c1=O.Cc1cn(CC2CC2)c2ccccc2c1=O. The van der Waals surface area contributed by atoms with Crippen LogP contribution < -0.4 is 16.2 Å². The second-order valence-corrected chi connectivity index (χ2v) is 38.7. The van der Waals surface area contributed by atoms with Gasteiger partial charge in [-0.3, -0.25) is 9.59 Å². The van der Waals surface area contributed by atoms with Crippen molar-refractivity contribution < 1.29 is 5.11 Å². The number of nitrogens with zero attached hydrogens (tertiary/aromatic N) is 2. The third-order valence-electron chi connectivity index (χ3n) is 29.4. The van der Waals surface area contributed by atoms with E-state index in [2.05, 4.69) is 179 Å². The van der Waals surface area contributed by atoms with E-state index in [1.807, 2.05) is 111 Å². The molecule has 8 heteroatoms. The number of pyridine rings is 2. The molecule has 15 aliphatic rings. The summed E-state index contributed by atoms with van der Waals surface area (Å²) < 4.78 is 4.22. The quantitative estimate of drug-likeness (QED) is 0.143. The largest absolute Gasteiger partial charge is 0.390 e. The normalized spacial score (nSPS) is 27.0. The number of allylic oxidation sites excluding steroid dienone is 1. The highest BCUT2D eigenvalue weighted by Crippen LogP contribution is 2.64. The number of aliphatic hydroxyl groups is 1. The van der Waals surface area contributed by atoms with Gasteiger partial charge in [0.2, 0.25) is 0 Å². The summed E-state index contributed by atoms with van der Waals surface area (Å²) in [5, 5.41) is 17.2. The molecule has 2 aromatic heterocycles. The summed E-state index contributed by atoms with van der Waals surface area (Å²) in [7, 11) is 1.95. The molecule has 598 valence electrons. The molecule has 25 rings (SSSR count). The molecule has 2 heterocycles. The minimum absolute atomic E-state index is 0.133. The first-order valence-corrected chi connectivity index (χ1v) is 45.0. The van der Waals surface area contributed by atoms with Crippen molar-refractivity contribution in [3.05, 3.63) is 288 Å². The molecule has 10 aromatic rings. The summed E-state index contributed by atoms with van der Waals surface area (Å²) in [6, 6.07) is 66.3. The highest BCUT2D eigenvalue weighted by atomic mass is 35.5. The Morgan fingerprint density at radius 1 is 0.465 bits per heavy atom. The van der Waals surface area contributed by atoms with E-state index < -0.39 is 0 Å². The number of benzene rings is 8. The summed E-state index contributed by atoms with van der Waals surface area (Å²) in [5.74, 6) is 10.3. The first-order chi connectivity index (χ1) is 55.2. The summed E-state index contributed by atoms with van der Waals surface area (Å²) in [6.07, 6.45) is 39.2. The van der Waals surface area contributed by atoms with Gasteiger partial charge in [0, 0.05) is 76.3 Å². The van der Waals surface area contributed by atoms with Crippen LogP contribution in [0.4, 0.5) is 0 Å². The van der Waals surface area contributed by atoms with Crippen molar-refractivity contribution in [2.45, 2.75) is 227 Å². The number of halogens is 2. The molecule has 8 aromatic carbocycles. The van der Waals surface area contributed by atoms with Gasteiger partial charge >= 0.3 is 0 Å². The lowest BCUT2D eigenvalue weighted by Crippen LogP contribution is -2.55. The van der Waals surface area contributed by atoms with Crippen LogP contribution in [0.15, 0.2) is 222 Å². The summed E-state index contributed by atoms with van der Waals surface area (Å²) in [4.78, 5) is 23.6. The van der Waals surface area contributed by atoms with Crippen LogP contribution in [0, 0.1) is 83.4 Å². The van der Waals surface area contributed by atoms with Gasteiger partial charge in [-0.1, -0.05) is 222 Å². The molecule has 0 aliphatic heterocycles. The van der Waals surface area contributed by atoms with Gasteiger partial charge in [0.1, 0.15) is 0 Å². The second kappa shape index (κ2) is 35.3. The van der Waals surface area contributed by atoms with Gasteiger partial charge in [0.25, 0.3) is 0 Å². The Labute approximate surface area is 692 Å². The van der Waals surface area contributed by atoms with Crippen molar-refractivity contribution in [2.24, 2.45) is 76.6 Å². The first kappa shape index (κ1) is 81.6. The zero-order valence-corrected chi connectivity index (χ0v) is 71.4. The summed E-state index contributed by atoms with van der Waals surface area (Å²) >= 11 is 11.7. The Bertz CT molecular complexity index is 4910. The number of nitrogens with one attached hydrogen (secondary N) is 1. The van der Waals surface area contributed by atoms with Crippen LogP contribution in [0.1, 0.15) is 246 Å². The average molecular weight is 1560 g/mol. The molecule has 2 unspecified atom stereocenters. The highest BCUT2D eigenvalue weighted by Gasteiger charge is 2.56. The van der Waals surface area contributed by atoms with Gasteiger partial charge in [-0.05, 0) is 341 Å². The van der Waals surface area contributed by atoms with Gasteiger partial charge in [-0.15, -0.1) is 0 Å². The second-order valence-electron chi connectivity index (χ2n) is 37.8. The lowest BCUT2D eigenvalue weighted by Gasteiger charge is -2.60. The molecule has 2 N–H and O–H groups in total. The van der Waals surface area contributed by atoms with Crippen molar-refractivity contribution in [1.82, 2.24) is 14.5 Å². The van der Waals surface area contributed by atoms with Crippen LogP contribution in [0.5, 0.6) is 0 Å². The van der Waals surface area contributed by atoms with E-state index in [1.165, 1.54) is 119 Å². The maximum atomic E-state index is 12.0. The molecule has 6 nitrogen and oxygen atoms in total. The predicted octanol–water partition coefficient (Wildman–Crippen LogP) is 27.2. The summed E-state index contributed by atoms with van der Waals surface area (Å²) in [5.41, 5.74) is 21.1.